The van der Waals surface area contributed by atoms with Gasteiger partial charge in [0.25, 0.3) is 5.56 Å². The van der Waals surface area contributed by atoms with Gasteiger partial charge in [0.15, 0.2) is 11.2 Å². The Morgan fingerprint density at radius 3 is 2.71 bits per heavy atom. The fourth-order valence-electron chi connectivity index (χ4n) is 2.50. The van der Waals surface area contributed by atoms with Crippen LogP contribution in [0, 0.1) is 6.92 Å². The first-order valence-electron chi connectivity index (χ1n) is 7.12. The number of nitrogens with zero attached hydrogens (tertiary/aromatic N) is 5. The predicted octanol–water partition coefficient (Wildman–Crippen LogP) is -0.113. The molecule has 0 saturated heterocycles. The fourth-order valence-corrected chi connectivity index (χ4v) is 2.50. The Morgan fingerprint density at radius 1 is 1.42 bits per heavy atom. The molecule has 1 atom stereocenters. The lowest BCUT2D eigenvalue weighted by molar-refractivity contribution is -0.140. The molecule has 0 unspecified atom stereocenters. The Kier molecular flexibility index (Phi) is 3.59. The Morgan fingerprint density at radius 2 is 2.12 bits per heavy atom. The van der Waals surface area contributed by atoms with Crippen LogP contribution in [0.4, 0.5) is 0 Å². The molecule has 0 amide bonds. The molecule has 10 nitrogen and oxygen atoms in total. The van der Waals surface area contributed by atoms with Gasteiger partial charge in [-0.2, -0.15) is 0 Å². The van der Waals surface area contributed by atoms with Crippen molar-refractivity contribution in [1.29, 1.82) is 0 Å². The summed E-state index contributed by atoms with van der Waals surface area (Å²) in [5.41, 5.74) is -0.595. The van der Waals surface area contributed by atoms with E-state index in [0.717, 1.165) is 4.57 Å². The number of carboxylic acids is 1. The SMILES string of the molecule is Cc1cc(Cn2c(=O)c3c(ncn3[C@@H](C)C(=O)O)n(C)c2=O)no1. The van der Waals surface area contributed by atoms with E-state index in [9.17, 15) is 19.5 Å². The number of aromatic nitrogens is 5. The molecule has 3 aromatic heterocycles. The molecule has 3 aromatic rings. The molecule has 0 spiro atoms. The van der Waals surface area contributed by atoms with Crippen LogP contribution in [0.1, 0.15) is 24.4 Å². The number of imidazole rings is 1. The number of aliphatic carboxylic acids is 1. The topological polar surface area (TPSA) is 125 Å². The Bertz CT molecular complexity index is 1050. The van der Waals surface area contributed by atoms with Gasteiger partial charge in [-0.3, -0.25) is 13.9 Å². The highest BCUT2D eigenvalue weighted by Crippen LogP contribution is 2.13. The van der Waals surface area contributed by atoms with E-state index in [2.05, 4.69) is 10.1 Å². The third kappa shape index (κ3) is 2.32. The van der Waals surface area contributed by atoms with E-state index < -0.39 is 23.3 Å². The van der Waals surface area contributed by atoms with Gasteiger partial charge >= 0.3 is 11.7 Å². The zero-order valence-corrected chi connectivity index (χ0v) is 13.3. The van der Waals surface area contributed by atoms with Crippen LogP contribution in [0.3, 0.4) is 0 Å². The minimum absolute atomic E-state index is 0.0483. The molecule has 0 aliphatic heterocycles. The minimum Gasteiger partial charge on any atom is -0.480 e. The standard InChI is InChI=1S/C14H15N5O5/c1-7-4-9(16-24-7)5-18-12(20)10-11(17(3)14(18)23)15-6-19(10)8(2)13(21)22/h4,6,8H,5H2,1-3H3,(H,21,22)/t8-/m0/s1. The van der Waals surface area contributed by atoms with Crippen molar-refractivity contribution in [3.8, 4) is 0 Å². The van der Waals surface area contributed by atoms with Gasteiger partial charge in [-0.25, -0.2) is 14.6 Å². The summed E-state index contributed by atoms with van der Waals surface area (Å²) in [6.07, 6.45) is 1.24. The lowest BCUT2D eigenvalue weighted by atomic mass is 10.3. The molecule has 0 aliphatic carbocycles. The number of carbonyl (C=O) groups is 1. The van der Waals surface area contributed by atoms with E-state index in [1.807, 2.05) is 0 Å². The number of fused-ring (bicyclic) bond motifs is 1. The van der Waals surface area contributed by atoms with Crippen LogP contribution in [0.2, 0.25) is 0 Å². The zero-order valence-electron chi connectivity index (χ0n) is 13.3. The Balaban J connectivity index is 2.27. The number of aryl methyl sites for hydroxylation is 2. The predicted molar refractivity (Wildman–Crippen MR) is 81.9 cm³/mol. The van der Waals surface area contributed by atoms with Crippen molar-refractivity contribution in [1.82, 2.24) is 23.8 Å². The molecule has 0 saturated carbocycles. The molecule has 0 aliphatic rings. The van der Waals surface area contributed by atoms with Crippen molar-refractivity contribution < 1.29 is 14.4 Å². The second-order valence-electron chi connectivity index (χ2n) is 5.50. The van der Waals surface area contributed by atoms with Gasteiger partial charge in [0.2, 0.25) is 0 Å². The second kappa shape index (κ2) is 5.48. The highest BCUT2D eigenvalue weighted by molar-refractivity contribution is 5.76. The molecule has 0 bridgehead atoms. The van der Waals surface area contributed by atoms with Crippen LogP contribution in [-0.4, -0.2) is 34.9 Å². The van der Waals surface area contributed by atoms with E-state index in [0.29, 0.717) is 11.5 Å². The van der Waals surface area contributed by atoms with E-state index in [1.54, 1.807) is 13.0 Å². The first kappa shape index (κ1) is 15.7. The molecule has 10 heteroatoms. The number of hydrogen-bond donors (Lipinski definition) is 1. The molecule has 0 aromatic carbocycles. The number of carboxylic acid groups (broad SMARTS) is 1. The largest absolute Gasteiger partial charge is 0.480 e. The first-order chi connectivity index (χ1) is 11.3. The first-order valence-corrected chi connectivity index (χ1v) is 7.12. The van der Waals surface area contributed by atoms with Crippen molar-refractivity contribution in [3.05, 3.63) is 44.7 Å². The van der Waals surface area contributed by atoms with Gasteiger partial charge in [-0.05, 0) is 13.8 Å². The van der Waals surface area contributed by atoms with Crippen LogP contribution in [0.25, 0.3) is 11.2 Å². The smallest absolute Gasteiger partial charge is 0.332 e. The third-order valence-corrected chi connectivity index (χ3v) is 3.83. The van der Waals surface area contributed by atoms with Crippen molar-refractivity contribution in [2.24, 2.45) is 7.05 Å². The summed E-state index contributed by atoms with van der Waals surface area (Å²) in [6.45, 7) is 3.05. The lowest BCUT2D eigenvalue weighted by Gasteiger charge is -2.11. The van der Waals surface area contributed by atoms with Gasteiger partial charge in [-0.15, -0.1) is 0 Å². The Hall–Kier alpha value is -3.17. The molecule has 0 fully saturated rings. The van der Waals surface area contributed by atoms with Gasteiger partial charge in [0.1, 0.15) is 17.5 Å². The maximum atomic E-state index is 12.8. The molecule has 3 heterocycles. The van der Waals surface area contributed by atoms with Gasteiger partial charge < -0.3 is 14.2 Å². The molecule has 126 valence electrons. The maximum absolute atomic E-state index is 12.8. The molecule has 0 radical (unpaired) electrons. The summed E-state index contributed by atoms with van der Waals surface area (Å²) < 4.78 is 8.36. The summed E-state index contributed by atoms with van der Waals surface area (Å²) in [7, 11) is 1.47. The highest BCUT2D eigenvalue weighted by Gasteiger charge is 2.22. The molecule has 24 heavy (non-hydrogen) atoms. The Labute approximate surface area is 134 Å². The third-order valence-electron chi connectivity index (χ3n) is 3.83. The zero-order chi connectivity index (χ0) is 17.6. The highest BCUT2D eigenvalue weighted by atomic mass is 16.5. The molecular formula is C14H15N5O5. The summed E-state index contributed by atoms with van der Waals surface area (Å²) in [5, 5.41) is 13.0. The minimum atomic E-state index is -1.11. The quantitative estimate of drug-likeness (QED) is 0.706. The van der Waals surface area contributed by atoms with Gasteiger partial charge in [0.05, 0.1) is 12.9 Å². The molecule has 1 N–H and O–H groups in total. The van der Waals surface area contributed by atoms with E-state index in [-0.39, 0.29) is 17.7 Å². The summed E-state index contributed by atoms with van der Waals surface area (Å²) >= 11 is 0. The number of hydrogen-bond acceptors (Lipinski definition) is 6. The number of rotatable bonds is 4. The summed E-state index contributed by atoms with van der Waals surface area (Å²) in [5.74, 6) is -0.554. The monoisotopic (exact) mass is 333 g/mol. The van der Waals surface area contributed by atoms with Crippen molar-refractivity contribution in [2.45, 2.75) is 26.4 Å². The summed E-state index contributed by atoms with van der Waals surface area (Å²) in [4.78, 5) is 40.4. The van der Waals surface area contributed by atoms with E-state index in [1.165, 1.54) is 29.4 Å². The van der Waals surface area contributed by atoms with Crippen molar-refractivity contribution in [2.75, 3.05) is 0 Å². The van der Waals surface area contributed by atoms with Gasteiger partial charge in [-0.1, -0.05) is 5.16 Å². The summed E-state index contributed by atoms with van der Waals surface area (Å²) in [6, 6.07) is 0.621. The van der Waals surface area contributed by atoms with Crippen LogP contribution in [-0.2, 0) is 18.4 Å². The fraction of sp³-hybridized carbons (Fsp3) is 0.357. The van der Waals surface area contributed by atoms with E-state index in [4.69, 9.17) is 4.52 Å². The lowest BCUT2D eigenvalue weighted by Crippen LogP contribution is -2.40. The van der Waals surface area contributed by atoms with Crippen LogP contribution in [0.5, 0.6) is 0 Å². The molecular weight excluding hydrogens is 318 g/mol. The maximum Gasteiger partial charge on any atom is 0.332 e. The normalized spacial score (nSPS) is 12.6. The van der Waals surface area contributed by atoms with Crippen molar-refractivity contribution >= 4 is 17.1 Å². The van der Waals surface area contributed by atoms with Gasteiger partial charge in [0, 0.05) is 13.1 Å². The second-order valence-corrected chi connectivity index (χ2v) is 5.50. The van der Waals surface area contributed by atoms with Crippen LogP contribution < -0.4 is 11.2 Å². The van der Waals surface area contributed by atoms with Crippen molar-refractivity contribution in [3.63, 3.8) is 0 Å². The van der Waals surface area contributed by atoms with E-state index >= 15 is 0 Å². The molecule has 3 rings (SSSR count). The van der Waals surface area contributed by atoms with Crippen LogP contribution in [0.15, 0.2) is 26.5 Å². The van der Waals surface area contributed by atoms with Crippen LogP contribution >= 0.6 is 0 Å². The average molecular weight is 333 g/mol. The average Bonchev–Trinajstić information content (AvgIpc) is 3.15.